The van der Waals surface area contributed by atoms with Crippen molar-refractivity contribution in [2.45, 2.75) is 46.3 Å². The van der Waals surface area contributed by atoms with Crippen LogP contribution in [0.5, 0.6) is 11.5 Å². The van der Waals surface area contributed by atoms with E-state index in [4.69, 9.17) is 14.2 Å². The van der Waals surface area contributed by atoms with Gasteiger partial charge in [0.05, 0.1) is 14.2 Å². The minimum absolute atomic E-state index is 0.241. The van der Waals surface area contributed by atoms with E-state index < -0.39 is 12.1 Å². The molecule has 6 nitrogen and oxygen atoms in total. The summed E-state index contributed by atoms with van der Waals surface area (Å²) >= 11 is 0. The fourth-order valence-electron chi connectivity index (χ4n) is 2.81. The summed E-state index contributed by atoms with van der Waals surface area (Å²) in [7, 11) is 2.80. The van der Waals surface area contributed by atoms with Gasteiger partial charge in [-0.25, -0.2) is 4.79 Å². The molecular weight excluding hydrogens is 370 g/mol. The summed E-state index contributed by atoms with van der Waals surface area (Å²) in [6.07, 6.45) is -0.658. The first-order valence-corrected chi connectivity index (χ1v) is 9.57. The Bertz CT molecular complexity index is 876. The maximum Gasteiger partial charge on any atom is 0.341 e. The largest absolute Gasteiger partial charge is 0.496 e. The van der Waals surface area contributed by atoms with Crippen LogP contribution in [-0.4, -0.2) is 32.2 Å². The molecular formula is C23H29NO5. The van der Waals surface area contributed by atoms with Crippen LogP contribution in [0.3, 0.4) is 0 Å². The minimum Gasteiger partial charge on any atom is -0.496 e. The number of amides is 1. The van der Waals surface area contributed by atoms with E-state index in [1.807, 2.05) is 19.1 Å². The van der Waals surface area contributed by atoms with Crippen molar-refractivity contribution >= 4 is 11.9 Å². The molecule has 0 aliphatic rings. The third-order valence-electron chi connectivity index (χ3n) is 4.69. The van der Waals surface area contributed by atoms with Crippen molar-refractivity contribution in [2.24, 2.45) is 0 Å². The quantitative estimate of drug-likeness (QED) is 0.679. The van der Waals surface area contributed by atoms with Crippen LogP contribution < -0.4 is 14.8 Å². The minimum atomic E-state index is -0.658. The maximum atomic E-state index is 12.5. The number of hydrogen-bond acceptors (Lipinski definition) is 5. The molecule has 156 valence electrons. The molecule has 0 aliphatic heterocycles. The van der Waals surface area contributed by atoms with Gasteiger partial charge in [0.15, 0.2) is 6.10 Å². The van der Waals surface area contributed by atoms with Crippen LogP contribution >= 0.6 is 0 Å². The van der Waals surface area contributed by atoms with Gasteiger partial charge in [0.2, 0.25) is 0 Å². The number of ether oxygens (including phenoxy) is 3. The highest BCUT2D eigenvalue weighted by atomic mass is 16.5. The second-order valence-electron chi connectivity index (χ2n) is 7.18. The Morgan fingerprint density at radius 1 is 1.00 bits per heavy atom. The van der Waals surface area contributed by atoms with E-state index in [1.54, 1.807) is 25.1 Å². The Morgan fingerprint density at radius 2 is 1.72 bits per heavy atom. The fourth-order valence-corrected chi connectivity index (χ4v) is 2.81. The monoisotopic (exact) mass is 399 g/mol. The summed E-state index contributed by atoms with van der Waals surface area (Å²) in [4.78, 5) is 24.4. The van der Waals surface area contributed by atoms with Crippen molar-refractivity contribution in [1.29, 1.82) is 0 Å². The molecule has 0 aromatic heterocycles. The van der Waals surface area contributed by atoms with Crippen LogP contribution in [0.15, 0.2) is 36.4 Å². The molecule has 1 N–H and O–H groups in total. The van der Waals surface area contributed by atoms with E-state index in [1.165, 1.54) is 14.2 Å². The Hall–Kier alpha value is -3.02. The summed E-state index contributed by atoms with van der Waals surface area (Å²) in [5.74, 6) is 0.767. The molecule has 6 heteroatoms. The Kier molecular flexibility index (Phi) is 7.65. The molecule has 0 spiro atoms. The average molecular weight is 399 g/mol. The second kappa shape index (κ2) is 9.96. The zero-order chi connectivity index (χ0) is 21.6. The summed E-state index contributed by atoms with van der Waals surface area (Å²) in [5, 5.41) is 2.84. The van der Waals surface area contributed by atoms with Crippen molar-refractivity contribution in [3.05, 3.63) is 58.7 Å². The van der Waals surface area contributed by atoms with Gasteiger partial charge in [-0.3, -0.25) is 4.79 Å². The van der Waals surface area contributed by atoms with Gasteiger partial charge in [-0.1, -0.05) is 32.0 Å². The molecule has 2 aromatic carbocycles. The van der Waals surface area contributed by atoms with Gasteiger partial charge in [0.1, 0.15) is 17.1 Å². The molecule has 1 unspecified atom stereocenters. The predicted molar refractivity (Wildman–Crippen MR) is 112 cm³/mol. The first-order chi connectivity index (χ1) is 13.8. The third kappa shape index (κ3) is 5.73. The van der Waals surface area contributed by atoms with Gasteiger partial charge in [-0.05, 0) is 54.7 Å². The van der Waals surface area contributed by atoms with E-state index in [0.29, 0.717) is 23.0 Å². The zero-order valence-electron chi connectivity index (χ0n) is 17.9. The molecule has 0 bridgehead atoms. The van der Waals surface area contributed by atoms with E-state index in [-0.39, 0.29) is 12.5 Å². The van der Waals surface area contributed by atoms with Crippen molar-refractivity contribution in [2.75, 3.05) is 14.2 Å². The fraction of sp³-hybridized carbons (Fsp3) is 0.391. The van der Waals surface area contributed by atoms with Gasteiger partial charge in [-0.2, -0.15) is 0 Å². The number of carbonyl (C=O) groups is 2. The molecule has 29 heavy (non-hydrogen) atoms. The summed E-state index contributed by atoms with van der Waals surface area (Å²) < 4.78 is 15.9. The van der Waals surface area contributed by atoms with Crippen LogP contribution in [0.25, 0.3) is 0 Å². The van der Waals surface area contributed by atoms with Crippen molar-refractivity contribution in [3.63, 3.8) is 0 Å². The third-order valence-corrected chi connectivity index (χ3v) is 4.69. The molecule has 2 aromatic rings. The molecule has 0 fully saturated rings. The number of benzene rings is 2. The molecule has 0 saturated carbocycles. The number of methoxy groups -OCH3 is 2. The van der Waals surface area contributed by atoms with Gasteiger partial charge in [0.25, 0.3) is 5.91 Å². The number of rotatable bonds is 8. The van der Waals surface area contributed by atoms with Gasteiger partial charge in [-0.15, -0.1) is 0 Å². The van der Waals surface area contributed by atoms with Crippen LogP contribution in [0.4, 0.5) is 0 Å². The van der Waals surface area contributed by atoms with Gasteiger partial charge in [0, 0.05) is 6.54 Å². The van der Waals surface area contributed by atoms with Crippen LogP contribution in [-0.2, 0) is 16.1 Å². The molecule has 1 atom stereocenters. The summed E-state index contributed by atoms with van der Waals surface area (Å²) in [6, 6.07) is 11.2. The van der Waals surface area contributed by atoms with E-state index in [2.05, 4.69) is 25.2 Å². The summed E-state index contributed by atoms with van der Waals surface area (Å²) in [5.41, 5.74) is 3.20. The smallest absolute Gasteiger partial charge is 0.341 e. The normalized spacial score (nSPS) is 11.7. The molecule has 0 aliphatic carbocycles. The number of hydrogen-bond donors (Lipinski definition) is 1. The van der Waals surface area contributed by atoms with E-state index in [9.17, 15) is 9.59 Å². The van der Waals surface area contributed by atoms with Crippen LogP contribution in [0.2, 0.25) is 0 Å². The number of carbonyl (C=O) groups excluding carboxylic acids is 2. The first-order valence-electron chi connectivity index (χ1n) is 9.57. The van der Waals surface area contributed by atoms with Crippen molar-refractivity contribution < 1.29 is 23.8 Å². The van der Waals surface area contributed by atoms with Crippen LogP contribution in [0.1, 0.15) is 53.7 Å². The van der Waals surface area contributed by atoms with E-state index >= 15 is 0 Å². The Morgan fingerprint density at radius 3 is 2.34 bits per heavy atom. The lowest BCUT2D eigenvalue weighted by Crippen LogP contribution is -2.36. The molecule has 0 heterocycles. The summed E-state index contributed by atoms with van der Waals surface area (Å²) in [6.45, 7) is 8.15. The van der Waals surface area contributed by atoms with Gasteiger partial charge < -0.3 is 19.5 Å². The molecule has 0 radical (unpaired) electrons. The highest BCUT2D eigenvalue weighted by molar-refractivity contribution is 5.92. The average Bonchev–Trinajstić information content (AvgIpc) is 2.72. The number of nitrogens with one attached hydrogen (secondary N) is 1. The maximum absolute atomic E-state index is 12.5. The highest BCUT2D eigenvalue weighted by Crippen LogP contribution is 2.25. The number of aryl methyl sites for hydroxylation is 1. The van der Waals surface area contributed by atoms with E-state index in [0.717, 1.165) is 16.7 Å². The SMILES string of the molecule is COC(=O)c1cc(CNC(=O)C(C)Oc2cc(C(C)C)ccc2C)ccc1OC. The van der Waals surface area contributed by atoms with Crippen molar-refractivity contribution in [1.82, 2.24) is 5.32 Å². The lowest BCUT2D eigenvalue weighted by atomic mass is 10.0. The highest BCUT2D eigenvalue weighted by Gasteiger charge is 2.18. The second-order valence-corrected chi connectivity index (χ2v) is 7.18. The predicted octanol–water partition coefficient (Wildman–Crippen LogP) is 4.00. The zero-order valence-corrected chi connectivity index (χ0v) is 17.9. The molecule has 0 saturated heterocycles. The number of esters is 1. The van der Waals surface area contributed by atoms with Gasteiger partial charge >= 0.3 is 5.97 Å². The topological polar surface area (TPSA) is 73.9 Å². The Labute approximate surface area is 172 Å². The molecule has 2 rings (SSSR count). The lowest BCUT2D eigenvalue weighted by Gasteiger charge is -2.18. The first kappa shape index (κ1) is 22.3. The lowest BCUT2D eigenvalue weighted by molar-refractivity contribution is -0.127. The van der Waals surface area contributed by atoms with Crippen LogP contribution in [0, 0.1) is 6.92 Å². The molecule has 1 amide bonds. The standard InChI is InChI=1S/C23H29NO5/c1-14(2)18-9-7-15(3)21(12-18)29-16(4)22(25)24-13-17-8-10-20(27-5)19(11-17)23(26)28-6/h7-12,14,16H,13H2,1-6H3,(H,24,25). The van der Waals surface area contributed by atoms with Crippen molar-refractivity contribution in [3.8, 4) is 11.5 Å². The Balaban J connectivity index is 2.04.